The van der Waals surface area contributed by atoms with Crippen LogP contribution in [0.5, 0.6) is 0 Å². The first-order valence-electron chi connectivity index (χ1n) is 8.17. The molecule has 0 spiro atoms. The van der Waals surface area contributed by atoms with Crippen LogP contribution in [0.25, 0.3) is 11.0 Å². The summed E-state index contributed by atoms with van der Waals surface area (Å²) in [5, 5.41) is 3.48. The highest BCUT2D eigenvalue weighted by Crippen LogP contribution is 2.29. The summed E-state index contributed by atoms with van der Waals surface area (Å²) in [6, 6.07) is 6.66. The fourth-order valence-corrected chi connectivity index (χ4v) is 3.01. The molecule has 0 aliphatic rings. The van der Waals surface area contributed by atoms with Crippen molar-refractivity contribution in [2.75, 3.05) is 7.05 Å². The first-order chi connectivity index (χ1) is 10.3. The van der Waals surface area contributed by atoms with Gasteiger partial charge in [-0.25, -0.2) is 0 Å². The van der Waals surface area contributed by atoms with Crippen molar-refractivity contribution < 1.29 is 0 Å². The van der Waals surface area contributed by atoms with Crippen molar-refractivity contribution in [1.29, 1.82) is 0 Å². The van der Waals surface area contributed by atoms with Gasteiger partial charge >= 0.3 is 0 Å². The normalized spacial score (nSPS) is 14.2. The zero-order chi connectivity index (χ0) is 15.1. The Bertz CT molecular complexity index is 548. The highest BCUT2D eigenvalue weighted by Gasteiger charge is 2.18. The van der Waals surface area contributed by atoms with Crippen molar-refractivity contribution in [2.45, 2.75) is 52.0 Å². The van der Waals surface area contributed by atoms with Gasteiger partial charge in [0.25, 0.3) is 0 Å². The Morgan fingerprint density at radius 1 is 1.14 bits per heavy atom. The highest BCUT2D eigenvalue weighted by atomic mass is 14.9. The highest BCUT2D eigenvalue weighted by molar-refractivity contribution is 5.78. The molecule has 0 aliphatic carbocycles. The zero-order valence-corrected chi connectivity index (χ0v) is 13.5. The molecule has 1 heterocycles. The van der Waals surface area contributed by atoms with Crippen LogP contribution >= 0.6 is 0 Å². The Morgan fingerprint density at radius 3 is 2.67 bits per heavy atom. The monoisotopic (exact) mass is 285 g/mol. The number of unbranched alkanes of at least 4 members (excludes halogenated alkanes) is 1. The van der Waals surface area contributed by atoms with Crippen LogP contribution in [0.15, 0.2) is 30.6 Å². The Morgan fingerprint density at radius 2 is 1.95 bits per heavy atom. The van der Waals surface area contributed by atoms with Gasteiger partial charge in [-0.2, -0.15) is 0 Å². The fourth-order valence-electron chi connectivity index (χ4n) is 3.01. The molecule has 2 atom stereocenters. The second-order valence-electron chi connectivity index (χ2n) is 5.76. The maximum absolute atomic E-state index is 4.54. The van der Waals surface area contributed by atoms with Crippen LogP contribution in [0, 0.1) is 5.92 Å². The lowest BCUT2D eigenvalue weighted by Crippen LogP contribution is -2.20. The van der Waals surface area contributed by atoms with Crippen LogP contribution in [0.2, 0.25) is 0 Å². The number of rotatable bonds is 8. The van der Waals surface area contributed by atoms with E-state index in [-0.39, 0.29) is 0 Å². The third-order valence-electron chi connectivity index (χ3n) is 4.37. The number of hydrogen-bond acceptors (Lipinski definition) is 3. The topological polar surface area (TPSA) is 37.8 Å². The zero-order valence-electron chi connectivity index (χ0n) is 13.5. The Labute approximate surface area is 128 Å². The number of nitrogens with zero attached hydrogens (tertiary/aromatic N) is 2. The van der Waals surface area contributed by atoms with Crippen LogP contribution in [-0.4, -0.2) is 17.0 Å². The summed E-state index contributed by atoms with van der Waals surface area (Å²) in [6.45, 7) is 4.57. The molecule has 0 amide bonds. The standard InChI is InChI=1S/C18H27N3/c1-4-6-8-14(5-2)13-17(19-3)15-9-7-10-16-18(15)21-12-11-20-16/h7,9-12,14,17,19H,4-6,8,13H2,1-3H3. The van der Waals surface area contributed by atoms with Crippen molar-refractivity contribution in [3.8, 4) is 0 Å². The quantitative estimate of drug-likeness (QED) is 0.776. The second kappa shape index (κ2) is 8.08. The number of fused-ring (bicyclic) bond motifs is 1. The first-order valence-corrected chi connectivity index (χ1v) is 8.17. The largest absolute Gasteiger partial charge is 0.313 e. The van der Waals surface area contributed by atoms with Crippen molar-refractivity contribution in [2.24, 2.45) is 5.92 Å². The van der Waals surface area contributed by atoms with Gasteiger partial charge in [0.1, 0.15) is 0 Å². The first kappa shape index (κ1) is 15.9. The molecule has 2 rings (SSSR count). The van der Waals surface area contributed by atoms with Crippen LogP contribution in [0.1, 0.15) is 57.6 Å². The molecule has 0 aliphatic heterocycles. The van der Waals surface area contributed by atoms with Crippen LogP contribution in [-0.2, 0) is 0 Å². The van der Waals surface area contributed by atoms with Crippen molar-refractivity contribution in [3.05, 3.63) is 36.2 Å². The Kier molecular flexibility index (Phi) is 6.12. The Balaban J connectivity index is 2.22. The summed E-state index contributed by atoms with van der Waals surface area (Å²) >= 11 is 0. The average Bonchev–Trinajstić information content (AvgIpc) is 2.55. The number of aromatic nitrogens is 2. The van der Waals surface area contributed by atoms with E-state index in [4.69, 9.17) is 0 Å². The van der Waals surface area contributed by atoms with Gasteiger partial charge in [-0.1, -0.05) is 51.7 Å². The van der Waals surface area contributed by atoms with Gasteiger partial charge in [-0.05, 0) is 31.0 Å². The van der Waals surface area contributed by atoms with Gasteiger partial charge in [-0.3, -0.25) is 9.97 Å². The minimum Gasteiger partial charge on any atom is -0.313 e. The van der Waals surface area contributed by atoms with E-state index in [0.717, 1.165) is 17.0 Å². The SMILES string of the molecule is CCCCC(CC)CC(NC)c1cccc2nccnc12. The number of para-hydroxylation sites is 1. The predicted octanol–water partition coefficient (Wildman–Crippen LogP) is 4.50. The number of benzene rings is 1. The van der Waals surface area contributed by atoms with Crippen molar-refractivity contribution in [3.63, 3.8) is 0 Å². The molecule has 0 fully saturated rings. The molecule has 1 aromatic carbocycles. The molecule has 0 bridgehead atoms. The molecular weight excluding hydrogens is 258 g/mol. The van der Waals surface area contributed by atoms with Crippen LogP contribution in [0.3, 0.4) is 0 Å². The number of nitrogens with one attached hydrogen (secondary N) is 1. The minimum atomic E-state index is 0.354. The molecule has 0 saturated carbocycles. The molecule has 2 aromatic rings. The van der Waals surface area contributed by atoms with Gasteiger partial charge in [0.05, 0.1) is 11.0 Å². The van der Waals surface area contributed by atoms with E-state index in [1.54, 1.807) is 12.4 Å². The lowest BCUT2D eigenvalue weighted by Gasteiger charge is -2.23. The van der Waals surface area contributed by atoms with E-state index >= 15 is 0 Å². The van der Waals surface area contributed by atoms with Crippen molar-refractivity contribution >= 4 is 11.0 Å². The summed E-state index contributed by atoms with van der Waals surface area (Å²) in [6.07, 6.45) is 9.88. The molecular formula is C18H27N3. The minimum absolute atomic E-state index is 0.354. The third-order valence-corrected chi connectivity index (χ3v) is 4.37. The summed E-state index contributed by atoms with van der Waals surface area (Å²) in [5.41, 5.74) is 3.29. The molecule has 114 valence electrons. The molecule has 1 N–H and O–H groups in total. The second-order valence-corrected chi connectivity index (χ2v) is 5.76. The van der Waals surface area contributed by atoms with E-state index in [1.165, 1.54) is 37.7 Å². The maximum Gasteiger partial charge on any atom is 0.0934 e. The third kappa shape index (κ3) is 4.01. The fraction of sp³-hybridized carbons (Fsp3) is 0.556. The predicted molar refractivity (Wildman–Crippen MR) is 89.3 cm³/mol. The molecule has 21 heavy (non-hydrogen) atoms. The van der Waals surface area contributed by atoms with Crippen LogP contribution in [0.4, 0.5) is 0 Å². The lowest BCUT2D eigenvalue weighted by molar-refractivity contribution is 0.366. The van der Waals surface area contributed by atoms with E-state index < -0.39 is 0 Å². The van der Waals surface area contributed by atoms with Crippen LogP contribution < -0.4 is 5.32 Å². The molecule has 2 unspecified atom stereocenters. The van der Waals surface area contributed by atoms with Gasteiger partial charge in [0, 0.05) is 18.4 Å². The molecule has 0 saturated heterocycles. The number of hydrogen-bond donors (Lipinski definition) is 1. The Hall–Kier alpha value is -1.48. The summed E-state index contributed by atoms with van der Waals surface area (Å²) in [5.74, 6) is 0.773. The summed E-state index contributed by atoms with van der Waals surface area (Å²) in [7, 11) is 2.05. The molecule has 3 heteroatoms. The average molecular weight is 285 g/mol. The molecule has 3 nitrogen and oxygen atoms in total. The van der Waals surface area contributed by atoms with E-state index in [9.17, 15) is 0 Å². The van der Waals surface area contributed by atoms with Gasteiger partial charge in [-0.15, -0.1) is 0 Å². The molecule has 1 aromatic heterocycles. The van der Waals surface area contributed by atoms with Crippen molar-refractivity contribution in [1.82, 2.24) is 15.3 Å². The summed E-state index contributed by atoms with van der Waals surface area (Å²) in [4.78, 5) is 8.96. The smallest absolute Gasteiger partial charge is 0.0934 e. The van der Waals surface area contributed by atoms with E-state index in [2.05, 4.69) is 41.3 Å². The van der Waals surface area contributed by atoms with Gasteiger partial charge < -0.3 is 5.32 Å². The summed E-state index contributed by atoms with van der Waals surface area (Å²) < 4.78 is 0. The van der Waals surface area contributed by atoms with E-state index in [1.807, 2.05) is 13.1 Å². The lowest BCUT2D eigenvalue weighted by atomic mass is 9.89. The van der Waals surface area contributed by atoms with Gasteiger partial charge in [0.2, 0.25) is 0 Å². The maximum atomic E-state index is 4.54. The van der Waals surface area contributed by atoms with Gasteiger partial charge in [0.15, 0.2) is 0 Å². The van der Waals surface area contributed by atoms with E-state index in [0.29, 0.717) is 6.04 Å². The molecule has 0 radical (unpaired) electrons.